The van der Waals surface area contributed by atoms with Crippen LogP contribution in [0.15, 0.2) is 73.1 Å². The number of hydrogen-bond donors (Lipinski definition) is 1. The van der Waals surface area contributed by atoms with Gasteiger partial charge in [0, 0.05) is 18.0 Å². The third-order valence-electron chi connectivity index (χ3n) is 4.37. The number of para-hydroxylation sites is 2. The Bertz CT molecular complexity index is 1120. The molecule has 0 radical (unpaired) electrons. The molecule has 0 bridgehead atoms. The average Bonchev–Trinajstić information content (AvgIpc) is 3.44. The molecule has 1 amide bonds. The van der Waals surface area contributed by atoms with Crippen molar-refractivity contribution >= 4 is 22.9 Å². The van der Waals surface area contributed by atoms with Crippen LogP contribution in [0.1, 0.15) is 9.67 Å². The summed E-state index contributed by atoms with van der Waals surface area (Å²) >= 11 is 1.33. The van der Waals surface area contributed by atoms with Crippen LogP contribution in [-0.4, -0.2) is 29.7 Å². The fraction of sp³-hybridized carbons (Fsp3) is 0.0909. The fourth-order valence-electron chi connectivity index (χ4n) is 2.91. The lowest BCUT2D eigenvalue weighted by molar-refractivity contribution is 0.103. The molecule has 0 aliphatic rings. The maximum atomic E-state index is 13.2. The van der Waals surface area contributed by atoms with E-state index in [0.29, 0.717) is 27.1 Å². The third kappa shape index (κ3) is 3.86. The zero-order chi connectivity index (χ0) is 20.2. The van der Waals surface area contributed by atoms with E-state index in [1.165, 1.54) is 11.3 Å². The SMILES string of the molecule is COc1ccc(-c2nc(-n3cccc3)sc2C(=O)Nc2ccccc2OC)cc1. The van der Waals surface area contributed by atoms with Crippen molar-refractivity contribution in [1.29, 1.82) is 0 Å². The number of carbonyl (C=O) groups excluding carboxylic acids is 1. The Labute approximate surface area is 172 Å². The molecule has 1 N–H and O–H groups in total. The molecule has 0 saturated heterocycles. The molecule has 0 aliphatic carbocycles. The lowest BCUT2D eigenvalue weighted by Gasteiger charge is -2.09. The van der Waals surface area contributed by atoms with Crippen molar-refractivity contribution < 1.29 is 14.3 Å². The van der Waals surface area contributed by atoms with Crippen LogP contribution in [0.25, 0.3) is 16.4 Å². The highest BCUT2D eigenvalue weighted by molar-refractivity contribution is 7.16. The maximum absolute atomic E-state index is 13.2. The first kappa shape index (κ1) is 18.8. The van der Waals surface area contributed by atoms with Gasteiger partial charge in [-0.15, -0.1) is 0 Å². The second-order valence-electron chi connectivity index (χ2n) is 6.15. The van der Waals surface area contributed by atoms with Crippen molar-refractivity contribution in [2.24, 2.45) is 0 Å². The van der Waals surface area contributed by atoms with Crippen LogP contribution in [0.3, 0.4) is 0 Å². The van der Waals surface area contributed by atoms with Crippen LogP contribution in [0.5, 0.6) is 11.5 Å². The number of nitrogens with zero attached hydrogens (tertiary/aromatic N) is 2. The molecule has 4 rings (SSSR count). The summed E-state index contributed by atoms with van der Waals surface area (Å²) in [4.78, 5) is 18.4. The molecule has 0 spiro atoms. The number of methoxy groups -OCH3 is 2. The van der Waals surface area contributed by atoms with E-state index < -0.39 is 0 Å². The van der Waals surface area contributed by atoms with Crippen LogP contribution in [0.4, 0.5) is 5.69 Å². The molecule has 6 nitrogen and oxygen atoms in total. The maximum Gasteiger partial charge on any atom is 0.268 e. The smallest absolute Gasteiger partial charge is 0.268 e. The molecule has 146 valence electrons. The van der Waals surface area contributed by atoms with Gasteiger partial charge in [-0.05, 0) is 48.5 Å². The van der Waals surface area contributed by atoms with E-state index in [1.807, 2.05) is 65.5 Å². The van der Waals surface area contributed by atoms with Gasteiger partial charge in [-0.3, -0.25) is 4.79 Å². The zero-order valence-corrected chi connectivity index (χ0v) is 16.8. The normalized spacial score (nSPS) is 10.6. The Morgan fingerprint density at radius 1 is 0.966 bits per heavy atom. The Balaban J connectivity index is 1.75. The second-order valence-corrected chi connectivity index (χ2v) is 7.12. The molecule has 0 aliphatic heterocycles. The summed E-state index contributed by atoms with van der Waals surface area (Å²) in [5.74, 6) is 1.10. The lowest BCUT2D eigenvalue weighted by Crippen LogP contribution is -2.12. The second kappa shape index (κ2) is 8.20. The number of nitrogens with one attached hydrogen (secondary N) is 1. The topological polar surface area (TPSA) is 65.4 Å². The van der Waals surface area contributed by atoms with E-state index in [2.05, 4.69) is 5.32 Å². The molecule has 2 heterocycles. The van der Waals surface area contributed by atoms with Crippen LogP contribution >= 0.6 is 11.3 Å². The van der Waals surface area contributed by atoms with Gasteiger partial charge in [0.1, 0.15) is 16.4 Å². The minimum atomic E-state index is -0.240. The van der Waals surface area contributed by atoms with E-state index in [1.54, 1.807) is 26.4 Å². The van der Waals surface area contributed by atoms with Gasteiger partial charge in [0.05, 0.1) is 25.6 Å². The van der Waals surface area contributed by atoms with Crippen molar-refractivity contribution in [2.45, 2.75) is 0 Å². The van der Waals surface area contributed by atoms with Gasteiger partial charge in [0.15, 0.2) is 5.13 Å². The van der Waals surface area contributed by atoms with Gasteiger partial charge in [-0.25, -0.2) is 4.98 Å². The molecule has 2 aromatic carbocycles. The Hall–Kier alpha value is -3.58. The number of aromatic nitrogens is 2. The fourth-order valence-corrected chi connectivity index (χ4v) is 3.86. The molecule has 29 heavy (non-hydrogen) atoms. The minimum Gasteiger partial charge on any atom is -0.497 e. The number of thiazole rings is 1. The average molecular weight is 405 g/mol. The van der Waals surface area contributed by atoms with Crippen molar-refractivity contribution in [3.05, 3.63) is 77.9 Å². The van der Waals surface area contributed by atoms with E-state index in [0.717, 1.165) is 11.3 Å². The van der Waals surface area contributed by atoms with Crippen LogP contribution in [0, 0.1) is 0 Å². The summed E-state index contributed by atoms with van der Waals surface area (Å²) in [6.45, 7) is 0. The summed E-state index contributed by atoms with van der Waals surface area (Å²) in [5.41, 5.74) is 2.07. The van der Waals surface area contributed by atoms with Gasteiger partial charge in [-0.1, -0.05) is 23.5 Å². The molecule has 4 aromatic rings. The number of rotatable bonds is 6. The van der Waals surface area contributed by atoms with Gasteiger partial charge in [0.2, 0.25) is 0 Å². The molecule has 0 unspecified atom stereocenters. The van der Waals surface area contributed by atoms with Crippen molar-refractivity contribution in [3.8, 4) is 27.9 Å². The molecule has 0 fully saturated rings. The molecular formula is C22H19N3O3S. The number of hydrogen-bond acceptors (Lipinski definition) is 5. The summed E-state index contributed by atoms with van der Waals surface area (Å²) in [7, 11) is 3.19. The monoisotopic (exact) mass is 405 g/mol. The number of anilines is 1. The lowest BCUT2D eigenvalue weighted by atomic mass is 10.1. The van der Waals surface area contributed by atoms with Gasteiger partial charge < -0.3 is 19.4 Å². The molecular weight excluding hydrogens is 386 g/mol. The summed E-state index contributed by atoms with van der Waals surface area (Å²) in [5, 5.41) is 3.66. The number of amides is 1. The van der Waals surface area contributed by atoms with Crippen LogP contribution in [0.2, 0.25) is 0 Å². The van der Waals surface area contributed by atoms with Crippen LogP contribution in [-0.2, 0) is 0 Å². The minimum absolute atomic E-state index is 0.240. The highest BCUT2D eigenvalue weighted by atomic mass is 32.1. The van der Waals surface area contributed by atoms with E-state index in [-0.39, 0.29) is 5.91 Å². The largest absolute Gasteiger partial charge is 0.497 e. The molecule has 7 heteroatoms. The molecule has 0 atom stereocenters. The Kier molecular flexibility index (Phi) is 5.31. The first-order valence-electron chi connectivity index (χ1n) is 8.92. The van der Waals surface area contributed by atoms with Crippen molar-refractivity contribution in [3.63, 3.8) is 0 Å². The van der Waals surface area contributed by atoms with Gasteiger partial charge >= 0.3 is 0 Å². The van der Waals surface area contributed by atoms with Crippen molar-refractivity contribution in [2.75, 3.05) is 19.5 Å². The first-order valence-corrected chi connectivity index (χ1v) is 9.74. The number of carbonyl (C=O) groups is 1. The van der Waals surface area contributed by atoms with E-state index in [4.69, 9.17) is 14.5 Å². The predicted molar refractivity (Wildman–Crippen MR) is 114 cm³/mol. The summed E-state index contributed by atoms with van der Waals surface area (Å²) < 4.78 is 12.5. The predicted octanol–water partition coefficient (Wildman–Crippen LogP) is 4.87. The first-order chi connectivity index (χ1) is 14.2. The molecule has 0 saturated carbocycles. The number of benzene rings is 2. The van der Waals surface area contributed by atoms with Crippen molar-refractivity contribution in [1.82, 2.24) is 9.55 Å². The highest BCUT2D eigenvalue weighted by Crippen LogP contribution is 2.33. The number of ether oxygens (including phenoxy) is 2. The Morgan fingerprint density at radius 2 is 1.69 bits per heavy atom. The van der Waals surface area contributed by atoms with Gasteiger partial charge in [0.25, 0.3) is 5.91 Å². The molecule has 2 aromatic heterocycles. The third-order valence-corrected chi connectivity index (χ3v) is 5.43. The summed E-state index contributed by atoms with van der Waals surface area (Å²) in [6.07, 6.45) is 3.80. The highest BCUT2D eigenvalue weighted by Gasteiger charge is 2.21. The summed E-state index contributed by atoms with van der Waals surface area (Å²) in [6, 6.07) is 18.6. The van der Waals surface area contributed by atoms with Gasteiger partial charge in [-0.2, -0.15) is 0 Å². The zero-order valence-electron chi connectivity index (χ0n) is 16.0. The quantitative estimate of drug-likeness (QED) is 0.497. The van der Waals surface area contributed by atoms with Crippen LogP contribution < -0.4 is 14.8 Å². The van der Waals surface area contributed by atoms with E-state index in [9.17, 15) is 4.79 Å². The Morgan fingerprint density at radius 3 is 2.38 bits per heavy atom. The van der Waals surface area contributed by atoms with E-state index >= 15 is 0 Å². The standard InChI is InChI=1S/C22H19N3O3S/c1-27-16-11-9-15(10-12-16)19-20(29-22(24-19)25-13-5-6-14-25)21(26)23-17-7-3-4-8-18(17)28-2/h3-14H,1-2H3,(H,23,26).